The number of nitrogens with zero attached hydrogens (tertiary/aromatic N) is 3. The molecule has 1 atom stereocenters. The SMILES string of the molecule is CNCC(c1ccc2c(c1)OCCO2)c1nn[nH]n1. The summed E-state index contributed by atoms with van der Waals surface area (Å²) < 4.78 is 11.1. The van der Waals surface area contributed by atoms with E-state index in [0.717, 1.165) is 23.6 Å². The largest absolute Gasteiger partial charge is 0.486 e. The monoisotopic (exact) mass is 261 g/mol. The molecule has 0 aliphatic carbocycles. The van der Waals surface area contributed by atoms with Gasteiger partial charge in [0.2, 0.25) is 0 Å². The minimum atomic E-state index is 0.0274. The van der Waals surface area contributed by atoms with Gasteiger partial charge in [0.25, 0.3) is 0 Å². The van der Waals surface area contributed by atoms with Crippen molar-refractivity contribution in [3.63, 3.8) is 0 Å². The lowest BCUT2D eigenvalue weighted by atomic mass is 9.97. The lowest BCUT2D eigenvalue weighted by Crippen LogP contribution is -2.20. The van der Waals surface area contributed by atoms with Crippen molar-refractivity contribution in [2.75, 3.05) is 26.8 Å². The molecule has 0 saturated carbocycles. The first kappa shape index (κ1) is 11.9. The van der Waals surface area contributed by atoms with Crippen molar-refractivity contribution in [1.29, 1.82) is 0 Å². The second-order valence-electron chi connectivity index (χ2n) is 4.28. The number of likely N-dealkylation sites (N-methyl/N-ethyl adjacent to an activating group) is 1. The Balaban J connectivity index is 1.94. The number of benzene rings is 1. The van der Waals surface area contributed by atoms with E-state index in [0.29, 0.717) is 19.0 Å². The van der Waals surface area contributed by atoms with E-state index in [1.165, 1.54) is 0 Å². The van der Waals surface area contributed by atoms with Crippen LogP contribution < -0.4 is 14.8 Å². The molecule has 1 aliphatic heterocycles. The molecule has 1 aromatic heterocycles. The molecule has 3 rings (SSSR count). The number of aromatic nitrogens is 4. The van der Waals surface area contributed by atoms with Crippen molar-refractivity contribution >= 4 is 0 Å². The van der Waals surface area contributed by atoms with E-state index in [1.807, 2.05) is 25.2 Å². The maximum absolute atomic E-state index is 5.60. The molecule has 1 aliphatic rings. The number of rotatable bonds is 4. The third-order valence-corrected chi connectivity index (χ3v) is 3.05. The summed E-state index contributed by atoms with van der Waals surface area (Å²) in [5, 5.41) is 17.4. The first-order chi connectivity index (χ1) is 9.38. The maximum Gasteiger partial charge on any atom is 0.183 e. The Labute approximate surface area is 110 Å². The van der Waals surface area contributed by atoms with Gasteiger partial charge in [-0.2, -0.15) is 5.21 Å². The minimum absolute atomic E-state index is 0.0274. The van der Waals surface area contributed by atoms with Crippen molar-refractivity contribution < 1.29 is 9.47 Å². The van der Waals surface area contributed by atoms with Crippen molar-refractivity contribution in [2.45, 2.75) is 5.92 Å². The van der Waals surface area contributed by atoms with Crippen LogP contribution in [-0.2, 0) is 0 Å². The van der Waals surface area contributed by atoms with Crippen LogP contribution in [0.4, 0.5) is 0 Å². The van der Waals surface area contributed by atoms with Crippen LogP contribution in [0, 0.1) is 0 Å². The van der Waals surface area contributed by atoms with Crippen molar-refractivity contribution in [3.05, 3.63) is 29.6 Å². The van der Waals surface area contributed by atoms with Gasteiger partial charge in [0.1, 0.15) is 13.2 Å². The zero-order valence-electron chi connectivity index (χ0n) is 10.6. The number of nitrogens with one attached hydrogen (secondary N) is 2. The molecule has 2 heterocycles. The molecule has 100 valence electrons. The Hall–Kier alpha value is -2.15. The molecule has 7 nitrogen and oxygen atoms in total. The predicted molar refractivity (Wildman–Crippen MR) is 67.4 cm³/mol. The van der Waals surface area contributed by atoms with Crippen molar-refractivity contribution in [1.82, 2.24) is 25.9 Å². The first-order valence-electron chi connectivity index (χ1n) is 6.16. The Kier molecular flexibility index (Phi) is 3.28. The number of H-pyrrole nitrogens is 1. The van der Waals surface area contributed by atoms with Gasteiger partial charge in [-0.25, -0.2) is 0 Å². The maximum atomic E-state index is 5.60. The molecule has 2 N–H and O–H groups in total. The topological polar surface area (TPSA) is 85.0 Å². The summed E-state index contributed by atoms with van der Waals surface area (Å²) in [7, 11) is 1.89. The molecule has 0 saturated heterocycles. The molecule has 0 fully saturated rings. The molecule has 19 heavy (non-hydrogen) atoms. The Morgan fingerprint density at radius 1 is 1.32 bits per heavy atom. The molecular weight excluding hydrogens is 246 g/mol. The Morgan fingerprint density at radius 2 is 2.16 bits per heavy atom. The fourth-order valence-corrected chi connectivity index (χ4v) is 2.16. The van der Waals surface area contributed by atoms with Gasteiger partial charge >= 0.3 is 0 Å². The second kappa shape index (κ2) is 5.23. The number of hydrogen-bond acceptors (Lipinski definition) is 6. The predicted octanol–water partition coefficient (Wildman–Crippen LogP) is 0.322. The normalized spacial score (nSPS) is 15.2. The van der Waals surface area contributed by atoms with Gasteiger partial charge in [0.05, 0.1) is 5.92 Å². The highest BCUT2D eigenvalue weighted by atomic mass is 16.6. The van der Waals surface area contributed by atoms with Crippen molar-refractivity contribution in [3.8, 4) is 11.5 Å². The van der Waals surface area contributed by atoms with E-state index in [-0.39, 0.29) is 5.92 Å². The van der Waals surface area contributed by atoms with E-state index < -0.39 is 0 Å². The number of tetrazole rings is 1. The summed E-state index contributed by atoms with van der Waals surface area (Å²) >= 11 is 0. The van der Waals surface area contributed by atoms with Crippen LogP contribution in [0.15, 0.2) is 18.2 Å². The molecule has 7 heteroatoms. The van der Waals surface area contributed by atoms with Crippen LogP contribution in [0.2, 0.25) is 0 Å². The highest BCUT2D eigenvalue weighted by molar-refractivity contribution is 5.45. The fraction of sp³-hybridized carbons (Fsp3) is 0.417. The van der Waals surface area contributed by atoms with Gasteiger partial charge in [-0.1, -0.05) is 11.3 Å². The van der Waals surface area contributed by atoms with Gasteiger partial charge in [0, 0.05) is 6.54 Å². The summed E-state index contributed by atoms with van der Waals surface area (Å²) in [6, 6.07) is 5.91. The highest BCUT2D eigenvalue weighted by Gasteiger charge is 2.21. The minimum Gasteiger partial charge on any atom is -0.486 e. The second-order valence-corrected chi connectivity index (χ2v) is 4.28. The number of hydrogen-bond donors (Lipinski definition) is 2. The Morgan fingerprint density at radius 3 is 2.89 bits per heavy atom. The highest BCUT2D eigenvalue weighted by Crippen LogP contribution is 2.34. The van der Waals surface area contributed by atoms with E-state index in [2.05, 4.69) is 25.9 Å². The number of ether oxygens (including phenoxy) is 2. The van der Waals surface area contributed by atoms with Gasteiger partial charge < -0.3 is 14.8 Å². The van der Waals surface area contributed by atoms with E-state index in [9.17, 15) is 0 Å². The van der Waals surface area contributed by atoms with Crippen LogP contribution in [0.25, 0.3) is 0 Å². The lowest BCUT2D eigenvalue weighted by Gasteiger charge is -2.20. The molecule has 0 spiro atoms. The van der Waals surface area contributed by atoms with E-state index in [1.54, 1.807) is 0 Å². The number of aromatic amines is 1. The molecular formula is C12H15N5O2. The average molecular weight is 261 g/mol. The molecule has 0 bridgehead atoms. The summed E-state index contributed by atoms with van der Waals surface area (Å²) in [6.45, 7) is 1.89. The quantitative estimate of drug-likeness (QED) is 0.824. The van der Waals surface area contributed by atoms with E-state index in [4.69, 9.17) is 9.47 Å². The van der Waals surface area contributed by atoms with Gasteiger partial charge in [-0.15, -0.1) is 10.2 Å². The molecule has 2 aromatic rings. The van der Waals surface area contributed by atoms with Crippen LogP contribution in [0.5, 0.6) is 11.5 Å². The third-order valence-electron chi connectivity index (χ3n) is 3.05. The summed E-state index contributed by atoms with van der Waals surface area (Å²) in [6.07, 6.45) is 0. The summed E-state index contributed by atoms with van der Waals surface area (Å²) in [5.41, 5.74) is 1.07. The van der Waals surface area contributed by atoms with Gasteiger partial charge in [0.15, 0.2) is 17.3 Å². The van der Waals surface area contributed by atoms with Gasteiger partial charge in [-0.05, 0) is 24.7 Å². The molecule has 0 radical (unpaired) electrons. The van der Waals surface area contributed by atoms with Gasteiger partial charge in [-0.3, -0.25) is 0 Å². The lowest BCUT2D eigenvalue weighted by molar-refractivity contribution is 0.171. The van der Waals surface area contributed by atoms with Crippen LogP contribution in [0.3, 0.4) is 0 Å². The van der Waals surface area contributed by atoms with Crippen LogP contribution in [0.1, 0.15) is 17.3 Å². The molecule has 1 aromatic carbocycles. The average Bonchev–Trinajstić information content (AvgIpc) is 2.98. The van der Waals surface area contributed by atoms with Crippen LogP contribution in [-0.4, -0.2) is 47.4 Å². The summed E-state index contributed by atoms with van der Waals surface area (Å²) in [4.78, 5) is 0. The van der Waals surface area contributed by atoms with E-state index >= 15 is 0 Å². The zero-order valence-corrected chi connectivity index (χ0v) is 10.6. The van der Waals surface area contributed by atoms with Crippen LogP contribution >= 0.6 is 0 Å². The Bertz CT molecular complexity index is 543. The first-order valence-corrected chi connectivity index (χ1v) is 6.16. The zero-order chi connectivity index (χ0) is 13.1. The third kappa shape index (κ3) is 2.37. The smallest absolute Gasteiger partial charge is 0.183 e. The van der Waals surface area contributed by atoms with Crippen molar-refractivity contribution in [2.24, 2.45) is 0 Å². The number of fused-ring (bicyclic) bond motifs is 1. The molecule has 1 unspecified atom stereocenters. The molecule has 0 amide bonds. The fourth-order valence-electron chi connectivity index (χ4n) is 2.16. The standard InChI is InChI=1S/C12H15N5O2/c1-13-7-9(12-14-16-17-15-12)8-2-3-10-11(6-8)19-5-4-18-10/h2-3,6,9,13H,4-5,7H2,1H3,(H,14,15,16,17). The summed E-state index contributed by atoms with van der Waals surface area (Å²) in [5.74, 6) is 2.24.